The number of fused-ring (bicyclic) bond motifs is 6. The van der Waals surface area contributed by atoms with Crippen molar-refractivity contribution in [3.05, 3.63) is 72.3 Å². The number of rotatable bonds is 8. The van der Waals surface area contributed by atoms with Crippen LogP contribution in [0.2, 0.25) is 0 Å². The van der Waals surface area contributed by atoms with Crippen molar-refractivity contribution >= 4 is 39.7 Å². The highest BCUT2D eigenvalue weighted by Crippen LogP contribution is 2.44. The Morgan fingerprint density at radius 3 is 2.50 bits per heavy atom. The summed E-state index contributed by atoms with van der Waals surface area (Å²) in [6.07, 6.45) is 6.92. The molecule has 13 nitrogen and oxygen atoms in total. The number of amides is 3. The van der Waals surface area contributed by atoms with Gasteiger partial charge in [0.2, 0.25) is 11.8 Å². The molecule has 1 radical (unpaired) electrons. The summed E-state index contributed by atoms with van der Waals surface area (Å²) < 4.78 is 17.4. The third-order valence-electron chi connectivity index (χ3n) is 13.0. The predicted octanol–water partition coefficient (Wildman–Crippen LogP) is 8.42. The van der Waals surface area contributed by atoms with Crippen molar-refractivity contribution in [2.75, 3.05) is 13.7 Å². The number of nitrogens with zero attached hydrogens (tertiary/aromatic N) is 4. The first-order valence-electron chi connectivity index (χ1n) is 21.6. The smallest absolute Gasteiger partial charge is 0.407 e. The molecule has 3 fully saturated rings. The van der Waals surface area contributed by atoms with E-state index in [9.17, 15) is 14.4 Å². The first-order valence-corrected chi connectivity index (χ1v) is 21.6. The molecule has 3 amide bonds. The van der Waals surface area contributed by atoms with Crippen LogP contribution in [0, 0.1) is 24.2 Å². The Morgan fingerprint density at radius 2 is 1.73 bits per heavy atom. The summed E-state index contributed by atoms with van der Waals surface area (Å²) in [5.41, 5.74) is 6.87. The molecule has 6 heterocycles. The standard InChI is InChI=1S/C47H56N7O6/c1-24(2)14-41(55)54-26(4)8-13-38(54)44-48-21-37(50-44)30-9-11-33-32(18-30)23-59-40-20-34-29(19-35(33)40)10-12-36-43(34)51-45(49-36)39-15-25(3)22-53(39)46(56)42(52-47(57)58-7)31-16-27(5)60-28(6)17-31/h9-12,14,18-21,24-28,31,38-39,42H,8,13,15-17,22-23H2,1-7H3,(H,48,50)(H,49,51)(H,52,57)/t25-,26-,27+,28+,38-,39-,42-/m0/s1. The van der Waals surface area contributed by atoms with E-state index in [0.29, 0.717) is 26.0 Å². The fourth-order valence-corrected chi connectivity index (χ4v) is 10.3. The maximum atomic E-state index is 14.5. The molecule has 0 saturated carbocycles. The average molecular weight is 815 g/mol. The summed E-state index contributed by atoms with van der Waals surface area (Å²) >= 11 is 0. The molecule has 315 valence electrons. The van der Waals surface area contributed by atoms with Crippen LogP contribution in [0.1, 0.15) is 103 Å². The van der Waals surface area contributed by atoms with Crippen LogP contribution < -0.4 is 10.1 Å². The van der Waals surface area contributed by atoms with Gasteiger partial charge in [-0.05, 0) is 117 Å². The van der Waals surface area contributed by atoms with Crippen molar-refractivity contribution in [2.24, 2.45) is 17.8 Å². The van der Waals surface area contributed by atoms with Gasteiger partial charge in [-0.1, -0.05) is 39.0 Å². The molecule has 5 aromatic rings. The van der Waals surface area contributed by atoms with Gasteiger partial charge in [0.05, 0.1) is 60.7 Å². The number of alkyl carbamates (subject to hydrolysis) is 1. The Hall–Kier alpha value is -5.43. The molecule has 0 aliphatic carbocycles. The largest absolute Gasteiger partial charge is 0.488 e. The van der Waals surface area contributed by atoms with E-state index in [2.05, 4.69) is 65.5 Å². The molecule has 13 heteroatoms. The van der Waals surface area contributed by atoms with E-state index in [-0.39, 0.29) is 59.9 Å². The van der Waals surface area contributed by atoms with Gasteiger partial charge < -0.3 is 39.3 Å². The Kier molecular flexibility index (Phi) is 10.6. The molecule has 3 N–H and O–H groups in total. The molecular weight excluding hydrogens is 759 g/mol. The Bertz CT molecular complexity index is 2450. The summed E-state index contributed by atoms with van der Waals surface area (Å²) in [6.45, 7) is 13.3. The zero-order chi connectivity index (χ0) is 42.0. The van der Waals surface area contributed by atoms with Gasteiger partial charge in [-0.3, -0.25) is 9.59 Å². The predicted molar refractivity (Wildman–Crippen MR) is 229 cm³/mol. The number of ether oxygens (including phenoxy) is 3. The summed E-state index contributed by atoms with van der Waals surface area (Å²) in [5, 5.41) is 4.93. The number of aromatic nitrogens is 4. The van der Waals surface area contributed by atoms with Crippen molar-refractivity contribution in [2.45, 2.75) is 117 Å². The van der Waals surface area contributed by atoms with Crippen LogP contribution in [0.4, 0.5) is 4.79 Å². The van der Waals surface area contributed by atoms with Gasteiger partial charge in [0.1, 0.15) is 30.0 Å². The Balaban J connectivity index is 0.980. The van der Waals surface area contributed by atoms with Gasteiger partial charge >= 0.3 is 6.09 Å². The molecule has 2 aromatic heterocycles. The third-order valence-corrected chi connectivity index (χ3v) is 13.0. The van der Waals surface area contributed by atoms with Crippen molar-refractivity contribution in [3.63, 3.8) is 0 Å². The second kappa shape index (κ2) is 15.9. The fraction of sp³-hybridized carbons (Fsp3) is 0.489. The topological polar surface area (TPSA) is 155 Å². The van der Waals surface area contributed by atoms with Crippen LogP contribution in [0.3, 0.4) is 0 Å². The summed E-state index contributed by atoms with van der Waals surface area (Å²) in [4.78, 5) is 61.1. The van der Waals surface area contributed by atoms with E-state index in [1.54, 1.807) is 6.42 Å². The van der Waals surface area contributed by atoms with Crippen molar-refractivity contribution < 1.29 is 28.6 Å². The van der Waals surface area contributed by atoms with E-state index < -0.39 is 12.1 Å². The lowest BCUT2D eigenvalue weighted by atomic mass is 9.85. The minimum atomic E-state index is -0.735. The summed E-state index contributed by atoms with van der Waals surface area (Å²) in [5.74, 6) is 2.65. The molecular formula is C47H56N7O6. The fourth-order valence-electron chi connectivity index (χ4n) is 10.3. The van der Waals surface area contributed by atoms with E-state index in [4.69, 9.17) is 24.2 Å². The van der Waals surface area contributed by atoms with E-state index >= 15 is 0 Å². The monoisotopic (exact) mass is 814 g/mol. The third kappa shape index (κ3) is 7.39. The van der Waals surface area contributed by atoms with Crippen LogP contribution in [-0.4, -0.2) is 85.6 Å². The number of benzene rings is 3. The van der Waals surface area contributed by atoms with Crippen LogP contribution in [0.25, 0.3) is 44.2 Å². The lowest BCUT2D eigenvalue weighted by Crippen LogP contribution is -2.54. The summed E-state index contributed by atoms with van der Waals surface area (Å²) in [7, 11) is 1.32. The number of hydrogen-bond acceptors (Lipinski definition) is 8. The molecule has 4 aliphatic heterocycles. The van der Waals surface area contributed by atoms with Gasteiger partial charge in [-0.2, -0.15) is 0 Å². The quantitative estimate of drug-likeness (QED) is 0.141. The highest BCUT2D eigenvalue weighted by atomic mass is 16.5. The van der Waals surface area contributed by atoms with Gasteiger partial charge in [-0.15, -0.1) is 0 Å². The normalized spacial score (nSPS) is 25.6. The van der Waals surface area contributed by atoms with Gasteiger partial charge in [-0.25, -0.2) is 14.8 Å². The number of H-pyrrole nitrogens is 2. The Morgan fingerprint density at radius 1 is 0.933 bits per heavy atom. The Labute approximate surface area is 350 Å². The molecule has 3 aromatic carbocycles. The minimum Gasteiger partial charge on any atom is -0.488 e. The number of imidazole rings is 2. The molecule has 60 heavy (non-hydrogen) atoms. The van der Waals surface area contributed by atoms with Crippen LogP contribution >= 0.6 is 0 Å². The second-order valence-electron chi connectivity index (χ2n) is 18.0. The second-order valence-corrected chi connectivity index (χ2v) is 18.0. The van der Waals surface area contributed by atoms with E-state index in [1.807, 2.05) is 49.8 Å². The van der Waals surface area contributed by atoms with Crippen LogP contribution in [-0.2, 0) is 25.7 Å². The lowest BCUT2D eigenvalue weighted by molar-refractivity contribution is -0.138. The first-order chi connectivity index (χ1) is 28.8. The van der Waals surface area contributed by atoms with Gasteiger partial charge in [0, 0.05) is 23.5 Å². The first kappa shape index (κ1) is 40.0. The maximum Gasteiger partial charge on any atom is 0.407 e. The van der Waals surface area contributed by atoms with Crippen LogP contribution in [0.5, 0.6) is 5.75 Å². The molecule has 4 aliphatic rings. The number of aromatic amines is 2. The average Bonchev–Trinajstić information content (AvgIpc) is 4.03. The zero-order valence-electron chi connectivity index (χ0n) is 35.6. The number of likely N-dealkylation sites (tertiary alicyclic amines) is 2. The molecule has 0 spiro atoms. The van der Waals surface area contributed by atoms with Crippen molar-refractivity contribution in [1.29, 1.82) is 0 Å². The molecule has 0 bridgehead atoms. The van der Waals surface area contributed by atoms with Gasteiger partial charge in [0.25, 0.3) is 0 Å². The number of carbonyl (C=O) groups excluding carboxylic acids is 3. The lowest BCUT2D eigenvalue weighted by Gasteiger charge is -2.38. The maximum absolute atomic E-state index is 14.5. The van der Waals surface area contributed by atoms with E-state index in [0.717, 1.165) is 86.4 Å². The highest BCUT2D eigenvalue weighted by Gasteiger charge is 2.44. The number of hydrogen-bond donors (Lipinski definition) is 3. The summed E-state index contributed by atoms with van der Waals surface area (Å²) in [6, 6.07) is 13.9. The zero-order valence-corrected chi connectivity index (χ0v) is 35.6. The van der Waals surface area contributed by atoms with Crippen LogP contribution in [0.15, 0.2) is 48.7 Å². The van der Waals surface area contributed by atoms with Crippen molar-refractivity contribution in [3.8, 4) is 28.1 Å². The molecule has 9 rings (SSSR count). The number of carbonyl (C=O) groups is 3. The highest BCUT2D eigenvalue weighted by molar-refractivity contribution is 6.07. The molecule has 7 atom stereocenters. The van der Waals surface area contributed by atoms with E-state index in [1.165, 1.54) is 7.11 Å². The molecule has 3 saturated heterocycles. The minimum absolute atomic E-state index is 0.0211. The number of methoxy groups -OCH3 is 1. The SMILES string of the molecule is COC(=O)N[C@H](C(=O)N1C[C@@H](C)C[C@H]1c1nc2ccc3cc4c(cc3c2[nH]1)OCc1cc(-c2cnc([C@@H]3CC[C@H](C)N3C(=O)[CH]C(C)C)[nH]2)ccc1-4)C1C[C@@H](C)O[C@H](C)C1. The number of nitrogens with one attached hydrogen (secondary N) is 3. The van der Waals surface area contributed by atoms with Crippen molar-refractivity contribution in [1.82, 2.24) is 35.1 Å². The molecule has 0 unspecified atom stereocenters. The van der Waals surface area contributed by atoms with Gasteiger partial charge in [0.15, 0.2) is 0 Å².